The number of hydrogen-bond acceptors (Lipinski definition) is 5. The van der Waals surface area contributed by atoms with Gasteiger partial charge in [0.2, 0.25) is 0 Å². The highest BCUT2D eigenvalue weighted by Crippen LogP contribution is 2.36. The summed E-state index contributed by atoms with van der Waals surface area (Å²) in [6.45, 7) is 3.63. The van der Waals surface area contributed by atoms with E-state index in [2.05, 4.69) is 5.32 Å². The normalized spacial score (nSPS) is 14.8. The molecule has 1 aliphatic rings. The molecule has 8 heteroatoms. The number of ether oxygens (including phenoxy) is 3. The van der Waals surface area contributed by atoms with Gasteiger partial charge in [-0.2, -0.15) is 0 Å². The third-order valence-electron chi connectivity index (χ3n) is 4.12. The van der Waals surface area contributed by atoms with E-state index in [1.807, 2.05) is 11.8 Å². The minimum atomic E-state index is -0.120. The molecule has 138 valence electrons. The first-order valence-corrected chi connectivity index (χ1v) is 8.92. The fourth-order valence-corrected chi connectivity index (χ4v) is 3.25. The molecule has 0 amide bonds. The van der Waals surface area contributed by atoms with Crippen molar-refractivity contribution in [3.05, 3.63) is 17.2 Å². The molecule has 0 atom stereocenters. The lowest BCUT2D eigenvalue weighted by atomic mass is 9.97. The van der Waals surface area contributed by atoms with Gasteiger partial charge in [-0.3, -0.25) is 4.79 Å². The number of likely N-dealkylation sites (tertiary alicyclic amines) is 1. The molecule has 1 aromatic carbocycles. The molecule has 25 heavy (non-hydrogen) atoms. The third-order valence-corrected chi connectivity index (χ3v) is 4.77. The number of benzene rings is 1. The summed E-state index contributed by atoms with van der Waals surface area (Å²) in [6.07, 6.45) is 1.45. The van der Waals surface area contributed by atoms with Gasteiger partial charge in [0.1, 0.15) is 11.5 Å². The molecule has 0 aromatic heterocycles. The second-order valence-electron chi connectivity index (χ2n) is 5.63. The lowest BCUT2D eigenvalue weighted by Gasteiger charge is -2.33. The summed E-state index contributed by atoms with van der Waals surface area (Å²) in [4.78, 5) is 13.9. The van der Waals surface area contributed by atoms with Gasteiger partial charge in [-0.05, 0) is 32.0 Å². The molecule has 0 spiro atoms. The van der Waals surface area contributed by atoms with Crippen LogP contribution in [0.5, 0.6) is 11.5 Å². The quantitative estimate of drug-likeness (QED) is 0.615. The van der Waals surface area contributed by atoms with Crippen molar-refractivity contribution in [1.82, 2.24) is 4.90 Å². The van der Waals surface area contributed by atoms with E-state index in [1.54, 1.807) is 26.4 Å². The Labute approximate surface area is 158 Å². The number of rotatable bonds is 5. The maximum absolute atomic E-state index is 11.8. The molecular weight excluding hydrogens is 364 g/mol. The number of thiocarbonyl (C=S) groups is 1. The van der Waals surface area contributed by atoms with Crippen LogP contribution in [-0.2, 0) is 9.53 Å². The molecule has 0 saturated carbocycles. The van der Waals surface area contributed by atoms with E-state index >= 15 is 0 Å². The number of nitrogens with one attached hydrogen (secondary N) is 1. The Morgan fingerprint density at radius 1 is 1.28 bits per heavy atom. The van der Waals surface area contributed by atoms with Gasteiger partial charge in [0.15, 0.2) is 5.11 Å². The van der Waals surface area contributed by atoms with E-state index in [4.69, 9.17) is 38.0 Å². The molecule has 1 N–H and O–H groups in total. The summed E-state index contributed by atoms with van der Waals surface area (Å²) in [5.74, 6) is 0.942. The van der Waals surface area contributed by atoms with E-state index in [0.29, 0.717) is 47.0 Å². The first kappa shape index (κ1) is 19.6. The lowest BCUT2D eigenvalue weighted by molar-refractivity contribution is -0.149. The fourth-order valence-electron chi connectivity index (χ4n) is 2.73. The predicted octanol–water partition coefficient (Wildman–Crippen LogP) is 3.33. The molecule has 1 aliphatic heterocycles. The number of piperidine rings is 1. The second-order valence-corrected chi connectivity index (χ2v) is 6.42. The first-order chi connectivity index (χ1) is 12.0. The molecule has 1 saturated heterocycles. The molecule has 2 rings (SSSR count). The Hall–Kier alpha value is -1.73. The molecule has 0 aliphatic carbocycles. The fraction of sp³-hybridized carbons (Fsp3) is 0.529. The third kappa shape index (κ3) is 4.89. The summed E-state index contributed by atoms with van der Waals surface area (Å²) in [7, 11) is 3.12. The highest BCUT2D eigenvalue weighted by molar-refractivity contribution is 7.80. The standard InChI is InChI=1S/C17H23ClN2O4S/c1-4-24-16(21)11-5-7-20(8-6-11)17(25)19-13-10-14(22-2)12(18)9-15(13)23-3/h9-11H,4-8H2,1-3H3,(H,19,25). The highest BCUT2D eigenvalue weighted by atomic mass is 35.5. The summed E-state index contributed by atoms with van der Waals surface area (Å²) in [5, 5.41) is 4.22. The van der Waals surface area contributed by atoms with Gasteiger partial charge in [0.05, 0.1) is 37.5 Å². The van der Waals surface area contributed by atoms with Gasteiger partial charge in [-0.25, -0.2) is 0 Å². The number of methoxy groups -OCH3 is 2. The lowest BCUT2D eigenvalue weighted by Crippen LogP contribution is -2.42. The minimum Gasteiger partial charge on any atom is -0.495 e. The van der Waals surface area contributed by atoms with Crippen LogP contribution >= 0.6 is 23.8 Å². The van der Waals surface area contributed by atoms with Gasteiger partial charge in [-0.15, -0.1) is 0 Å². The van der Waals surface area contributed by atoms with E-state index in [9.17, 15) is 4.79 Å². The molecule has 0 unspecified atom stereocenters. The maximum atomic E-state index is 11.8. The Kier molecular flexibility index (Phi) is 7.13. The van der Waals surface area contributed by atoms with Gasteiger partial charge in [0, 0.05) is 25.2 Å². The summed E-state index contributed by atoms with van der Waals surface area (Å²) in [6, 6.07) is 3.43. The smallest absolute Gasteiger partial charge is 0.309 e. The molecule has 6 nitrogen and oxygen atoms in total. The highest BCUT2D eigenvalue weighted by Gasteiger charge is 2.27. The summed E-state index contributed by atoms with van der Waals surface area (Å²) < 4.78 is 15.7. The first-order valence-electron chi connectivity index (χ1n) is 8.14. The van der Waals surface area contributed by atoms with Gasteiger partial charge < -0.3 is 24.4 Å². The van der Waals surface area contributed by atoms with Crippen LogP contribution in [0.4, 0.5) is 5.69 Å². The molecule has 0 bridgehead atoms. The topological polar surface area (TPSA) is 60.0 Å². The molecule has 0 radical (unpaired) electrons. The van der Waals surface area contributed by atoms with Crippen LogP contribution in [0.2, 0.25) is 5.02 Å². The summed E-state index contributed by atoms with van der Waals surface area (Å²) in [5.41, 5.74) is 0.682. The van der Waals surface area contributed by atoms with Crippen molar-refractivity contribution >= 4 is 40.6 Å². The van der Waals surface area contributed by atoms with Crippen LogP contribution < -0.4 is 14.8 Å². The second kappa shape index (κ2) is 9.10. The van der Waals surface area contributed by atoms with Gasteiger partial charge >= 0.3 is 5.97 Å². The zero-order valence-electron chi connectivity index (χ0n) is 14.6. The minimum absolute atomic E-state index is 0.0517. The van der Waals surface area contributed by atoms with Crippen LogP contribution in [0.25, 0.3) is 0 Å². The number of carbonyl (C=O) groups excluding carboxylic acids is 1. The van der Waals surface area contributed by atoms with Gasteiger partial charge in [0.25, 0.3) is 0 Å². The Balaban J connectivity index is 2.00. The van der Waals surface area contributed by atoms with E-state index in [1.165, 1.54) is 0 Å². The monoisotopic (exact) mass is 386 g/mol. The number of halogens is 1. The van der Waals surface area contributed by atoms with Crippen molar-refractivity contribution in [3.8, 4) is 11.5 Å². The van der Waals surface area contributed by atoms with Crippen molar-refractivity contribution in [2.24, 2.45) is 5.92 Å². The Morgan fingerprint density at radius 2 is 1.92 bits per heavy atom. The number of anilines is 1. The zero-order chi connectivity index (χ0) is 18.4. The van der Waals surface area contributed by atoms with E-state index < -0.39 is 0 Å². The average Bonchev–Trinajstić information content (AvgIpc) is 2.63. The van der Waals surface area contributed by atoms with Crippen molar-refractivity contribution in [2.75, 3.05) is 39.2 Å². The largest absolute Gasteiger partial charge is 0.495 e. The van der Waals surface area contributed by atoms with E-state index in [0.717, 1.165) is 12.8 Å². The molecule has 1 fully saturated rings. The Morgan fingerprint density at radius 3 is 2.48 bits per heavy atom. The van der Waals surface area contributed by atoms with Crippen LogP contribution in [0.3, 0.4) is 0 Å². The van der Waals surface area contributed by atoms with E-state index in [-0.39, 0.29) is 11.9 Å². The van der Waals surface area contributed by atoms with Crippen molar-refractivity contribution in [3.63, 3.8) is 0 Å². The van der Waals surface area contributed by atoms with Crippen molar-refractivity contribution < 1.29 is 19.0 Å². The average molecular weight is 387 g/mol. The number of esters is 1. The zero-order valence-corrected chi connectivity index (χ0v) is 16.2. The van der Waals surface area contributed by atoms with Crippen LogP contribution in [-0.4, -0.2) is 49.9 Å². The number of hydrogen-bond donors (Lipinski definition) is 1. The SMILES string of the molecule is CCOC(=O)C1CCN(C(=S)Nc2cc(OC)c(Cl)cc2OC)CC1. The van der Waals surface area contributed by atoms with Gasteiger partial charge in [-0.1, -0.05) is 11.6 Å². The van der Waals surface area contributed by atoms with Crippen LogP contribution in [0.1, 0.15) is 19.8 Å². The van der Waals surface area contributed by atoms with Crippen LogP contribution in [0.15, 0.2) is 12.1 Å². The number of carbonyl (C=O) groups is 1. The molecular formula is C17H23ClN2O4S. The summed E-state index contributed by atoms with van der Waals surface area (Å²) >= 11 is 11.6. The molecule has 1 heterocycles. The number of nitrogens with zero attached hydrogens (tertiary/aromatic N) is 1. The Bertz CT molecular complexity index is 633. The van der Waals surface area contributed by atoms with Crippen molar-refractivity contribution in [1.29, 1.82) is 0 Å². The predicted molar refractivity (Wildman–Crippen MR) is 102 cm³/mol. The maximum Gasteiger partial charge on any atom is 0.309 e. The van der Waals surface area contributed by atoms with Crippen molar-refractivity contribution in [2.45, 2.75) is 19.8 Å². The van der Waals surface area contributed by atoms with Crippen LogP contribution in [0, 0.1) is 5.92 Å². The molecule has 1 aromatic rings.